The van der Waals surface area contributed by atoms with Gasteiger partial charge in [0.2, 0.25) is 0 Å². The molecule has 0 atom stereocenters. The van der Waals surface area contributed by atoms with E-state index in [4.69, 9.17) is 4.52 Å². The second-order valence-corrected chi connectivity index (χ2v) is 3.96. The smallest absolute Gasteiger partial charge is 0.311 e. The van der Waals surface area contributed by atoms with Gasteiger partial charge in [-0.15, -0.1) is 0 Å². The van der Waals surface area contributed by atoms with Gasteiger partial charge in [0.1, 0.15) is 11.9 Å². The lowest BCUT2D eigenvalue weighted by atomic mass is 10.3. The third-order valence-electron chi connectivity index (χ3n) is 2.01. The Morgan fingerprint density at radius 1 is 1.53 bits per heavy atom. The van der Waals surface area contributed by atoms with Gasteiger partial charge in [-0.05, 0) is 15.9 Å². The molecule has 88 valence electrons. The van der Waals surface area contributed by atoms with Gasteiger partial charge in [-0.3, -0.25) is 15.1 Å². The molecule has 0 radical (unpaired) electrons. The number of aromatic nitrogens is 2. The summed E-state index contributed by atoms with van der Waals surface area (Å²) in [6, 6.07) is 1.67. The largest absolute Gasteiger partial charge is 0.371 e. The minimum atomic E-state index is -0.500. The van der Waals surface area contributed by atoms with Crippen LogP contribution in [0.4, 0.5) is 11.4 Å². The van der Waals surface area contributed by atoms with Crippen LogP contribution in [0.1, 0.15) is 5.76 Å². The van der Waals surface area contributed by atoms with Crippen LogP contribution in [0.25, 0.3) is 0 Å². The first-order valence-corrected chi connectivity index (χ1v) is 5.39. The van der Waals surface area contributed by atoms with Gasteiger partial charge >= 0.3 is 5.69 Å². The summed E-state index contributed by atoms with van der Waals surface area (Å²) in [6.45, 7) is 0.309. The molecule has 0 aromatic carbocycles. The summed E-state index contributed by atoms with van der Waals surface area (Å²) in [7, 11) is 0. The standard InChI is InChI=1S/C9H7BrN4O3/c10-7-4-11-5-8(14(15)16)9(7)12-3-6-1-2-13-17-6/h1-2,4-5H,3H2,(H,11,12). The molecule has 0 aliphatic carbocycles. The Morgan fingerprint density at radius 3 is 3.00 bits per heavy atom. The highest BCUT2D eigenvalue weighted by Crippen LogP contribution is 2.31. The molecule has 0 amide bonds. The molecule has 0 aliphatic heterocycles. The van der Waals surface area contributed by atoms with E-state index in [9.17, 15) is 10.1 Å². The molecule has 0 unspecified atom stereocenters. The first-order chi connectivity index (χ1) is 8.18. The molecule has 0 bridgehead atoms. The molecule has 2 rings (SSSR count). The van der Waals surface area contributed by atoms with Crippen molar-refractivity contribution >= 4 is 27.3 Å². The Hall–Kier alpha value is -1.96. The fourth-order valence-corrected chi connectivity index (χ4v) is 1.71. The van der Waals surface area contributed by atoms with E-state index in [2.05, 4.69) is 31.4 Å². The van der Waals surface area contributed by atoms with Crippen molar-refractivity contribution in [1.29, 1.82) is 0 Å². The fourth-order valence-electron chi connectivity index (χ4n) is 1.25. The summed E-state index contributed by atoms with van der Waals surface area (Å²) in [5.41, 5.74) is 0.264. The first kappa shape index (κ1) is 11.5. The van der Waals surface area contributed by atoms with Gasteiger partial charge in [-0.25, -0.2) is 0 Å². The summed E-state index contributed by atoms with van der Waals surface area (Å²) in [5, 5.41) is 17.2. The quantitative estimate of drug-likeness (QED) is 0.688. The van der Waals surface area contributed by atoms with Gasteiger partial charge in [0.05, 0.1) is 22.1 Å². The number of pyridine rings is 1. The molecular formula is C9H7BrN4O3. The molecular weight excluding hydrogens is 292 g/mol. The van der Waals surface area contributed by atoms with Crippen molar-refractivity contribution in [3.63, 3.8) is 0 Å². The SMILES string of the molecule is O=[N+]([O-])c1cncc(Br)c1NCc1ccno1. The Bertz CT molecular complexity index is 529. The van der Waals surface area contributed by atoms with Gasteiger partial charge in [-0.2, -0.15) is 0 Å². The zero-order valence-corrected chi connectivity index (χ0v) is 10.0. The molecule has 8 heteroatoms. The monoisotopic (exact) mass is 298 g/mol. The van der Waals surface area contributed by atoms with Crippen LogP contribution in [0.2, 0.25) is 0 Å². The first-order valence-electron chi connectivity index (χ1n) is 4.60. The Morgan fingerprint density at radius 2 is 2.35 bits per heavy atom. The highest BCUT2D eigenvalue weighted by atomic mass is 79.9. The fraction of sp³-hybridized carbons (Fsp3) is 0.111. The lowest BCUT2D eigenvalue weighted by molar-refractivity contribution is -0.384. The van der Waals surface area contributed by atoms with E-state index in [1.165, 1.54) is 18.6 Å². The van der Waals surface area contributed by atoms with Crippen molar-refractivity contribution in [3.05, 3.63) is 45.0 Å². The third kappa shape index (κ3) is 2.59. The molecule has 2 aromatic rings. The lowest BCUT2D eigenvalue weighted by Crippen LogP contribution is -2.03. The zero-order valence-electron chi connectivity index (χ0n) is 8.46. The maximum atomic E-state index is 10.8. The van der Waals surface area contributed by atoms with E-state index in [1.807, 2.05) is 0 Å². The predicted molar refractivity (Wildman–Crippen MR) is 62.4 cm³/mol. The van der Waals surface area contributed by atoms with Crippen LogP contribution in [-0.2, 0) is 6.54 Å². The number of halogens is 1. The van der Waals surface area contributed by atoms with E-state index in [1.54, 1.807) is 6.07 Å². The van der Waals surface area contributed by atoms with Gasteiger partial charge in [0, 0.05) is 12.3 Å². The topological polar surface area (TPSA) is 94.1 Å². The van der Waals surface area contributed by atoms with Crippen LogP contribution in [0.5, 0.6) is 0 Å². The highest BCUT2D eigenvalue weighted by Gasteiger charge is 2.17. The molecule has 0 saturated heterocycles. The van der Waals surface area contributed by atoms with Crippen molar-refractivity contribution in [2.45, 2.75) is 6.54 Å². The summed E-state index contributed by atoms with van der Waals surface area (Å²) < 4.78 is 5.40. The maximum Gasteiger partial charge on any atom is 0.311 e. The van der Waals surface area contributed by atoms with Crippen LogP contribution >= 0.6 is 15.9 Å². The number of nitrogens with one attached hydrogen (secondary N) is 1. The number of hydrogen-bond donors (Lipinski definition) is 1. The minimum absolute atomic E-state index is 0.0982. The van der Waals surface area contributed by atoms with E-state index in [0.717, 1.165) is 0 Å². The molecule has 0 aliphatic rings. The van der Waals surface area contributed by atoms with Crippen molar-refractivity contribution in [2.75, 3.05) is 5.32 Å². The maximum absolute atomic E-state index is 10.8. The number of hydrogen-bond acceptors (Lipinski definition) is 6. The van der Waals surface area contributed by atoms with E-state index >= 15 is 0 Å². The number of rotatable bonds is 4. The summed E-state index contributed by atoms with van der Waals surface area (Å²) >= 11 is 3.20. The van der Waals surface area contributed by atoms with Gasteiger partial charge in [0.25, 0.3) is 0 Å². The number of nitro groups is 1. The molecule has 17 heavy (non-hydrogen) atoms. The van der Waals surface area contributed by atoms with Gasteiger partial charge < -0.3 is 9.84 Å². The molecule has 1 N–H and O–H groups in total. The number of nitrogens with zero attached hydrogens (tertiary/aromatic N) is 3. The summed E-state index contributed by atoms with van der Waals surface area (Å²) in [5.74, 6) is 0.586. The second-order valence-electron chi connectivity index (χ2n) is 3.10. The minimum Gasteiger partial charge on any atom is -0.371 e. The van der Waals surface area contributed by atoms with Crippen LogP contribution in [0, 0.1) is 10.1 Å². The van der Waals surface area contributed by atoms with Gasteiger partial charge in [-0.1, -0.05) is 5.16 Å². The van der Waals surface area contributed by atoms with Crippen LogP contribution in [0.3, 0.4) is 0 Å². The molecule has 2 heterocycles. The molecule has 0 fully saturated rings. The van der Waals surface area contributed by atoms with Crippen LogP contribution in [0.15, 0.2) is 33.7 Å². The average Bonchev–Trinajstić information content (AvgIpc) is 2.80. The molecule has 2 aromatic heterocycles. The molecule has 0 spiro atoms. The average molecular weight is 299 g/mol. The predicted octanol–water partition coefficient (Wildman–Crippen LogP) is 2.35. The normalized spacial score (nSPS) is 10.2. The van der Waals surface area contributed by atoms with Crippen molar-refractivity contribution < 1.29 is 9.45 Å². The van der Waals surface area contributed by atoms with Crippen molar-refractivity contribution in [2.24, 2.45) is 0 Å². The van der Waals surface area contributed by atoms with Crippen LogP contribution in [-0.4, -0.2) is 15.1 Å². The van der Waals surface area contributed by atoms with Crippen LogP contribution < -0.4 is 5.32 Å². The van der Waals surface area contributed by atoms with E-state index in [-0.39, 0.29) is 5.69 Å². The lowest BCUT2D eigenvalue weighted by Gasteiger charge is -2.06. The molecule has 0 saturated carbocycles. The Balaban J connectivity index is 2.22. The molecule has 7 nitrogen and oxygen atoms in total. The summed E-state index contributed by atoms with van der Waals surface area (Å²) in [6.07, 6.45) is 4.18. The summed E-state index contributed by atoms with van der Waals surface area (Å²) in [4.78, 5) is 14.1. The van der Waals surface area contributed by atoms with E-state index in [0.29, 0.717) is 22.5 Å². The van der Waals surface area contributed by atoms with Crippen molar-refractivity contribution in [1.82, 2.24) is 10.1 Å². The Kier molecular flexibility index (Phi) is 3.33. The third-order valence-corrected chi connectivity index (χ3v) is 2.61. The van der Waals surface area contributed by atoms with E-state index < -0.39 is 4.92 Å². The van der Waals surface area contributed by atoms with Crippen molar-refractivity contribution in [3.8, 4) is 0 Å². The second kappa shape index (κ2) is 4.91. The Labute approximate surface area is 104 Å². The van der Waals surface area contributed by atoms with Gasteiger partial charge in [0.15, 0.2) is 5.76 Å². The highest BCUT2D eigenvalue weighted by molar-refractivity contribution is 9.10. The zero-order chi connectivity index (χ0) is 12.3. The number of anilines is 1.